The number of benzene rings is 2. The highest BCUT2D eigenvalue weighted by Gasteiger charge is 2.37. The second kappa shape index (κ2) is 9.73. The van der Waals surface area contributed by atoms with Crippen LogP contribution in [-0.4, -0.2) is 59.4 Å². The van der Waals surface area contributed by atoms with Gasteiger partial charge < -0.3 is 24.2 Å². The van der Waals surface area contributed by atoms with Gasteiger partial charge in [-0.2, -0.15) is 0 Å². The molecule has 36 heavy (non-hydrogen) atoms. The molecule has 2 aromatic carbocycles. The van der Waals surface area contributed by atoms with Crippen LogP contribution in [0.5, 0.6) is 0 Å². The van der Waals surface area contributed by atoms with Gasteiger partial charge in [0.05, 0.1) is 16.8 Å². The van der Waals surface area contributed by atoms with E-state index in [4.69, 9.17) is 16.3 Å². The minimum atomic E-state index is -1.12. The third-order valence-corrected chi connectivity index (χ3v) is 7.22. The topological polar surface area (TPSA) is 57.9 Å². The second-order valence-corrected chi connectivity index (χ2v) is 11.7. The number of carboxylic acid groups (broad SMARTS) is 1. The smallest absolute Gasteiger partial charge is 0.337 e. The van der Waals surface area contributed by atoms with Crippen molar-refractivity contribution in [3.8, 4) is 11.1 Å². The normalized spacial score (nSPS) is 16.7. The van der Waals surface area contributed by atoms with E-state index in [2.05, 4.69) is 55.3 Å². The maximum atomic E-state index is 12.8. The van der Waals surface area contributed by atoms with Gasteiger partial charge in [-0.3, -0.25) is 0 Å². The van der Waals surface area contributed by atoms with Crippen LogP contribution in [0.1, 0.15) is 50.6 Å². The van der Waals surface area contributed by atoms with Crippen molar-refractivity contribution in [3.05, 3.63) is 52.2 Å². The maximum absolute atomic E-state index is 12.8. The highest BCUT2D eigenvalue weighted by Crippen LogP contribution is 2.48. The monoisotopic (exact) mass is 511 g/mol. The van der Waals surface area contributed by atoms with Gasteiger partial charge in [-0.1, -0.05) is 23.7 Å². The molecule has 1 N–H and O–H groups in total. The van der Waals surface area contributed by atoms with Crippen molar-refractivity contribution in [3.63, 3.8) is 0 Å². The Morgan fingerprint density at radius 2 is 1.86 bits per heavy atom. The molecule has 0 bridgehead atoms. The molecule has 0 aliphatic carbocycles. The van der Waals surface area contributed by atoms with Crippen molar-refractivity contribution in [2.24, 2.45) is 0 Å². The van der Waals surface area contributed by atoms with Crippen LogP contribution in [0.3, 0.4) is 0 Å². The van der Waals surface area contributed by atoms with Crippen LogP contribution in [0, 0.1) is 13.8 Å². The predicted molar refractivity (Wildman–Crippen MR) is 148 cm³/mol. The van der Waals surface area contributed by atoms with Crippen molar-refractivity contribution in [1.29, 1.82) is 0 Å². The average molecular weight is 512 g/mol. The molecular formula is C29H38ClN3O3. The van der Waals surface area contributed by atoms with Gasteiger partial charge in [0.15, 0.2) is 6.10 Å². The minimum Gasteiger partial charge on any atom is -0.479 e. The van der Waals surface area contributed by atoms with Gasteiger partial charge in [0.1, 0.15) is 0 Å². The number of anilines is 1. The highest BCUT2D eigenvalue weighted by molar-refractivity contribution is 6.30. The van der Waals surface area contributed by atoms with Crippen molar-refractivity contribution in [2.75, 3.05) is 32.1 Å². The lowest BCUT2D eigenvalue weighted by Crippen LogP contribution is -2.44. The molecule has 0 spiro atoms. The molecule has 2 atom stereocenters. The lowest BCUT2D eigenvalue weighted by molar-refractivity contribution is -0.160. The Labute approximate surface area is 219 Å². The van der Waals surface area contributed by atoms with Crippen molar-refractivity contribution in [1.82, 2.24) is 9.47 Å². The van der Waals surface area contributed by atoms with E-state index in [0.717, 1.165) is 52.9 Å². The molecule has 6 nitrogen and oxygen atoms in total. The molecule has 7 heteroatoms. The summed E-state index contributed by atoms with van der Waals surface area (Å²) in [4.78, 5) is 17.4. The molecule has 0 fully saturated rings. The summed E-state index contributed by atoms with van der Waals surface area (Å²) < 4.78 is 8.64. The van der Waals surface area contributed by atoms with E-state index in [-0.39, 0.29) is 6.04 Å². The fourth-order valence-corrected chi connectivity index (χ4v) is 5.54. The Hall–Kier alpha value is -2.54. The molecule has 4 rings (SSSR count). The number of carbonyl (C=O) groups is 1. The first-order valence-electron chi connectivity index (χ1n) is 12.5. The Morgan fingerprint density at radius 3 is 2.42 bits per heavy atom. The van der Waals surface area contributed by atoms with Gasteiger partial charge >= 0.3 is 5.97 Å². The fourth-order valence-electron chi connectivity index (χ4n) is 5.41. The number of hydrogen-bond acceptors (Lipinski definition) is 4. The van der Waals surface area contributed by atoms with E-state index in [0.29, 0.717) is 10.6 Å². The maximum Gasteiger partial charge on any atom is 0.337 e. The summed E-state index contributed by atoms with van der Waals surface area (Å²) in [6, 6.07) is 10.1. The fraction of sp³-hybridized carbons (Fsp3) is 0.483. The van der Waals surface area contributed by atoms with Crippen LogP contribution < -0.4 is 4.90 Å². The summed E-state index contributed by atoms with van der Waals surface area (Å²) in [7, 11) is 4.16. The van der Waals surface area contributed by atoms with Crippen LogP contribution in [0.15, 0.2) is 30.3 Å². The van der Waals surface area contributed by atoms with Gasteiger partial charge in [0, 0.05) is 47.3 Å². The molecule has 0 saturated heterocycles. The summed E-state index contributed by atoms with van der Waals surface area (Å²) >= 11 is 6.24. The Balaban J connectivity index is 2.12. The number of hydrogen-bond donors (Lipinski definition) is 1. The molecule has 0 saturated carbocycles. The zero-order valence-electron chi connectivity index (χ0n) is 22.6. The number of ether oxygens (including phenoxy) is 1. The minimum absolute atomic E-state index is 0.270. The van der Waals surface area contributed by atoms with Gasteiger partial charge in [-0.15, -0.1) is 0 Å². The van der Waals surface area contributed by atoms with Crippen molar-refractivity contribution >= 4 is 34.2 Å². The first kappa shape index (κ1) is 26.5. The van der Waals surface area contributed by atoms with Crippen molar-refractivity contribution in [2.45, 2.75) is 65.8 Å². The number of rotatable bonds is 7. The summed E-state index contributed by atoms with van der Waals surface area (Å²) in [5, 5.41) is 12.2. The zero-order chi connectivity index (χ0) is 26.5. The molecule has 3 aromatic rings. The Bertz CT molecular complexity index is 1290. The van der Waals surface area contributed by atoms with E-state index in [1.165, 1.54) is 5.69 Å². The van der Waals surface area contributed by atoms with Gasteiger partial charge in [-0.25, -0.2) is 4.79 Å². The van der Waals surface area contributed by atoms with Crippen LogP contribution in [-0.2, 0) is 16.1 Å². The van der Waals surface area contributed by atoms with E-state index < -0.39 is 17.7 Å². The first-order valence-corrected chi connectivity index (χ1v) is 12.9. The Kier molecular flexibility index (Phi) is 7.17. The van der Waals surface area contributed by atoms with Crippen molar-refractivity contribution < 1.29 is 14.6 Å². The number of nitrogens with zero attached hydrogens (tertiary/aromatic N) is 3. The number of aliphatic carboxylic acids is 1. The molecule has 1 aliphatic heterocycles. The lowest BCUT2D eigenvalue weighted by Gasteiger charge is -2.40. The number of aromatic nitrogens is 1. The molecule has 1 aromatic heterocycles. The van der Waals surface area contributed by atoms with Crippen LogP contribution >= 0.6 is 11.6 Å². The first-order chi connectivity index (χ1) is 16.8. The SMILES string of the molecule is Cc1c([C@H](OC(C)(C)C)C(=O)O)c(-c2ccc(Cl)cc2)c2cc(C)n3c2c1N(CCN(C)C)[C@@H](C)C3. The third-order valence-electron chi connectivity index (χ3n) is 6.97. The van der Waals surface area contributed by atoms with E-state index >= 15 is 0 Å². The molecule has 0 unspecified atom stereocenters. The molecule has 0 amide bonds. The van der Waals surface area contributed by atoms with Gasteiger partial charge in [0.2, 0.25) is 0 Å². The number of likely N-dealkylation sites (N-methyl/N-ethyl adjacent to an activating group) is 1. The largest absolute Gasteiger partial charge is 0.479 e. The Morgan fingerprint density at radius 1 is 1.22 bits per heavy atom. The summed E-state index contributed by atoms with van der Waals surface area (Å²) in [6.07, 6.45) is -1.12. The lowest BCUT2D eigenvalue weighted by atomic mass is 9.86. The zero-order valence-corrected chi connectivity index (χ0v) is 23.4. The third kappa shape index (κ3) is 4.86. The van der Waals surface area contributed by atoms with Crippen LogP contribution in [0.4, 0.5) is 5.69 Å². The average Bonchev–Trinajstić information content (AvgIpc) is 3.09. The summed E-state index contributed by atoms with van der Waals surface area (Å²) in [6.45, 7) is 14.8. The summed E-state index contributed by atoms with van der Waals surface area (Å²) in [5.74, 6) is -0.991. The molecule has 194 valence electrons. The van der Waals surface area contributed by atoms with E-state index in [1.807, 2.05) is 45.0 Å². The van der Waals surface area contributed by atoms with Gasteiger partial charge in [0.25, 0.3) is 0 Å². The quantitative estimate of drug-likeness (QED) is 0.404. The standard InChI is InChI=1S/C29H38ClN3O3/c1-17-15-22-24(20-9-11-21(30)12-10-20)23(27(28(34)35)36-29(4,5)6)19(3)25-26(22)33(17)16-18(2)32(25)14-13-31(7)8/h9-12,15,18,27H,13-14,16H2,1-8H3,(H,34,35)/t18-,27-/m0/s1. The molecule has 1 aliphatic rings. The molecule has 0 radical (unpaired) electrons. The predicted octanol–water partition coefficient (Wildman–Crippen LogP) is 6.29. The van der Waals surface area contributed by atoms with Crippen LogP contribution in [0.25, 0.3) is 22.0 Å². The van der Waals surface area contributed by atoms with Crippen LogP contribution in [0.2, 0.25) is 5.02 Å². The number of halogens is 1. The highest BCUT2D eigenvalue weighted by atomic mass is 35.5. The van der Waals surface area contributed by atoms with Gasteiger partial charge in [-0.05, 0) is 90.5 Å². The van der Waals surface area contributed by atoms with E-state index in [9.17, 15) is 9.90 Å². The summed E-state index contributed by atoms with van der Waals surface area (Å²) in [5.41, 5.74) is 6.30. The second-order valence-electron chi connectivity index (χ2n) is 11.2. The molecule has 2 heterocycles. The van der Waals surface area contributed by atoms with E-state index in [1.54, 1.807) is 0 Å². The number of carboxylic acids is 1. The number of aryl methyl sites for hydroxylation is 1. The molecular weight excluding hydrogens is 474 g/mol.